The Morgan fingerprint density at radius 1 is 1.19 bits per heavy atom. The molecule has 0 fully saturated rings. The molecule has 0 radical (unpaired) electrons. The number of allylic oxidation sites excluding steroid dienone is 1. The molecule has 32 heavy (non-hydrogen) atoms. The highest BCUT2D eigenvalue weighted by Crippen LogP contribution is 2.36. The van der Waals surface area contributed by atoms with Gasteiger partial charge in [-0.25, -0.2) is 0 Å². The molecule has 0 bridgehead atoms. The molecule has 0 saturated heterocycles. The van der Waals surface area contributed by atoms with E-state index in [9.17, 15) is 13.2 Å². The number of nitrogens with zero attached hydrogens (tertiary/aromatic N) is 6. The third-order valence-corrected chi connectivity index (χ3v) is 5.54. The lowest BCUT2D eigenvalue weighted by molar-refractivity contribution is -0.137. The summed E-state index contributed by atoms with van der Waals surface area (Å²) < 4.78 is 46.2. The van der Waals surface area contributed by atoms with Crippen molar-refractivity contribution in [3.63, 3.8) is 0 Å². The van der Waals surface area contributed by atoms with Gasteiger partial charge in [0.1, 0.15) is 0 Å². The highest BCUT2D eigenvalue weighted by molar-refractivity contribution is 7.99. The fraction of sp³-hybridized carbons (Fsp3) is 0.190. The van der Waals surface area contributed by atoms with Gasteiger partial charge in [0.25, 0.3) is 0 Å². The maximum absolute atomic E-state index is 13.0. The normalized spacial score (nSPS) is 12.6. The summed E-state index contributed by atoms with van der Waals surface area (Å²) >= 11 is 1.34. The van der Waals surface area contributed by atoms with Crippen LogP contribution in [0.2, 0.25) is 0 Å². The van der Waals surface area contributed by atoms with E-state index in [1.54, 1.807) is 18.5 Å². The minimum atomic E-state index is -4.45. The first-order chi connectivity index (χ1) is 15.4. The van der Waals surface area contributed by atoms with Crippen molar-refractivity contribution in [2.75, 3.05) is 0 Å². The molecule has 7 nitrogen and oxygen atoms in total. The number of halogens is 3. The molecule has 164 valence electrons. The van der Waals surface area contributed by atoms with Crippen LogP contribution < -0.4 is 0 Å². The summed E-state index contributed by atoms with van der Waals surface area (Å²) in [4.78, 5) is 8.40. The zero-order valence-electron chi connectivity index (χ0n) is 16.8. The Bertz CT molecular complexity index is 1220. The van der Waals surface area contributed by atoms with E-state index >= 15 is 0 Å². The van der Waals surface area contributed by atoms with Crippen molar-refractivity contribution >= 4 is 11.8 Å². The van der Waals surface area contributed by atoms with Gasteiger partial charge in [0, 0.05) is 30.1 Å². The second-order valence-corrected chi connectivity index (χ2v) is 8.05. The van der Waals surface area contributed by atoms with Crippen LogP contribution in [-0.2, 0) is 12.7 Å². The average Bonchev–Trinajstić information content (AvgIpc) is 3.42. The Morgan fingerprint density at radius 2 is 2.00 bits per heavy atom. The second-order valence-electron chi connectivity index (χ2n) is 6.74. The van der Waals surface area contributed by atoms with E-state index in [0.29, 0.717) is 17.5 Å². The fourth-order valence-corrected chi connectivity index (χ4v) is 3.83. The lowest BCUT2D eigenvalue weighted by Gasteiger charge is -2.09. The summed E-state index contributed by atoms with van der Waals surface area (Å²) in [5.41, 5.74) is 0.260. The van der Waals surface area contributed by atoms with Crippen molar-refractivity contribution in [2.24, 2.45) is 0 Å². The maximum atomic E-state index is 13.0. The van der Waals surface area contributed by atoms with Crippen LogP contribution in [0.3, 0.4) is 0 Å². The Kier molecular flexibility index (Phi) is 6.08. The van der Waals surface area contributed by atoms with Crippen molar-refractivity contribution in [1.29, 1.82) is 0 Å². The van der Waals surface area contributed by atoms with Crippen molar-refractivity contribution in [3.8, 4) is 22.8 Å². The summed E-state index contributed by atoms with van der Waals surface area (Å²) in [6.45, 7) is 6.10. The minimum Gasteiger partial charge on any atom is -0.338 e. The molecule has 0 amide bonds. The average molecular weight is 458 g/mol. The molecule has 3 aromatic heterocycles. The van der Waals surface area contributed by atoms with Gasteiger partial charge in [-0.2, -0.15) is 18.2 Å². The molecule has 4 rings (SSSR count). The standard InChI is InChI=1S/C21H17F3N6OS/c1-3-10-30-18(15-7-5-9-25-12-15)27-28-20(30)32-13(2)19-26-17(29-31-19)14-6-4-8-16(11-14)21(22,23)24/h3-9,11-13H,1,10H2,2H3/t13-/m1/s1. The first-order valence-corrected chi connectivity index (χ1v) is 10.4. The Morgan fingerprint density at radius 3 is 2.72 bits per heavy atom. The van der Waals surface area contributed by atoms with Gasteiger partial charge in [0.05, 0.1) is 10.8 Å². The molecule has 0 saturated carbocycles. The van der Waals surface area contributed by atoms with Gasteiger partial charge < -0.3 is 4.52 Å². The van der Waals surface area contributed by atoms with Crippen LogP contribution in [0.4, 0.5) is 13.2 Å². The first-order valence-electron chi connectivity index (χ1n) is 9.49. The quantitative estimate of drug-likeness (QED) is 0.269. The van der Waals surface area contributed by atoms with Crippen LogP contribution in [0.1, 0.15) is 23.6 Å². The van der Waals surface area contributed by atoms with E-state index in [2.05, 4.69) is 31.9 Å². The summed E-state index contributed by atoms with van der Waals surface area (Å²) in [5, 5.41) is 12.7. The van der Waals surface area contributed by atoms with Crippen LogP contribution in [0.15, 0.2) is 71.1 Å². The van der Waals surface area contributed by atoms with Crippen molar-refractivity contribution < 1.29 is 17.7 Å². The third kappa shape index (κ3) is 4.57. The number of rotatable bonds is 7. The van der Waals surface area contributed by atoms with Crippen LogP contribution in [-0.4, -0.2) is 29.9 Å². The monoisotopic (exact) mass is 458 g/mol. The van der Waals surface area contributed by atoms with Crippen LogP contribution in [0, 0.1) is 0 Å². The maximum Gasteiger partial charge on any atom is 0.416 e. The predicted molar refractivity (Wildman–Crippen MR) is 112 cm³/mol. The molecular formula is C21H17F3N6OS. The molecule has 4 aromatic rings. The lowest BCUT2D eigenvalue weighted by Crippen LogP contribution is -2.04. The SMILES string of the molecule is C=CCn1c(S[C@H](C)c2nc(-c3cccc(C(F)(F)F)c3)no2)nnc1-c1cccnc1. The molecule has 0 aliphatic rings. The number of aromatic nitrogens is 6. The number of hydrogen-bond acceptors (Lipinski definition) is 7. The van der Waals surface area contributed by atoms with Crippen LogP contribution in [0.25, 0.3) is 22.8 Å². The number of hydrogen-bond donors (Lipinski definition) is 0. The van der Waals surface area contributed by atoms with Gasteiger partial charge in [-0.15, -0.1) is 16.8 Å². The van der Waals surface area contributed by atoms with Gasteiger partial charge in [0.2, 0.25) is 11.7 Å². The zero-order valence-corrected chi connectivity index (χ0v) is 17.6. The van der Waals surface area contributed by atoms with E-state index in [1.807, 2.05) is 23.6 Å². The molecule has 1 aromatic carbocycles. The van der Waals surface area contributed by atoms with E-state index in [0.717, 1.165) is 17.7 Å². The zero-order chi connectivity index (χ0) is 22.7. The highest BCUT2D eigenvalue weighted by atomic mass is 32.2. The van der Waals surface area contributed by atoms with Gasteiger partial charge in [-0.3, -0.25) is 9.55 Å². The molecule has 0 N–H and O–H groups in total. The molecule has 11 heteroatoms. The Labute approximate surface area is 185 Å². The van der Waals surface area contributed by atoms with Crippen molar-refractivity contribution in [1.82, 2.24) is 29.9 Å². The fourth-order valence-electron chi connectivity index (χ4n) is 2.94. The van der Waals surface area contributed by atoms with Gasteiger partial charge in [-0.1, -0.05) is 35.1 Å². The topological polar surface area (TPSA) is 82.5 Å². The summed E-state index contributed by atoms with van der Waals surface area (Å²) in [6, 6.07) is 8.49. The van der Waals surface area contributed by atoms with Gasteiger partial charge in [0.15, 0.2) is 11.0 Å². The summed E-state index contributed by atoms with van der Waals surface area (Å²) in [5.74, 6) is 0.989. The summed E-state index contributed by atoms with van der Waals surface area (Å²) in [6.07, 6.45) is 0.650. The smallest absolute Gasteiger partial charge is 0.338 e. The predicted octanol–water partition coefficient (Wildman–Crippen LogP) is 5.45. The Hall–Kier alpha value is -3.47. The number of benzene rings is 1. The van der Waals surface area contributed by atoms with E-state index < -0.39 is 11.7 Å². The van der Waals surface area contributed by atoms with E-state index in [-0.39, 0.29) is 22.5 Å². The van der Waals surface area contributed by atoms with Crippen LogP contribution in [0.5, 0.6) is 0 Å². The molecule has 3 heterocycles. The molecular weight excluding hydrogens is 441 g/mol. The lowest BCUT2D eigenvalue weighted by atomic mass is 10.1. The molecule has 1 atom stereocenters. The highest BCUT2D eigenvalue weighted by Gasteiger charge is 2.31. The molecule has 0 spiro atoms. The van der Waals surface area contributed by atoms with Gasteiger partial charge >= 0.3 is 6.18 Å². The van der Waals surface area contributed by atoms with Crippen molar-refractivity contribution in [3.05, 3.63) is 72.9 Å². The van der Waals surface area contributed by atoms with Crippen molar-refractivity contribution in [2.45, 2.75) is 30.1 Å². The Balaban J connectivity index is 1.57. The molecule has 0 unspecified atom stereocenters. The van der Waals surface area contributed by atoms with E-state index in [1.165, 1.54) is 23.9 Å². The second kappa shape index (κ2) is 8.95. The van der Waals surface area contributed by atoms with Gasteiger partial charge in [-0.05, 0) is 31.2 Å². The van der Waals surface area contributed by atoms with E-state index in [4.69, 9.17) is 4.52 Å². The summed E-state index contributed by atoms with van der Waals surface area (Å²) in [7, 11) is 0. The number of alkyl halides is 3. The third-order valence-electron chi connectivity index (χ3n) is 4.47. The number of pyridine rings is 1. The van der Waals surface area contributed by atoms with Crippen LogP contribution >= 0.6 is 11.8 Å². The number of thioether (sulfide) groups is 1. The minimum absolute atomic E-state index is 0.0853. The molecule has 0 aliphatic heterocycles. The molecule has 0 aliphatic carbocycles. The first kappa shape index (κ1) is 21.8. The largest absolute Gasteiger partial charge is 0.416 e.